The summed E-state index contributed by atoms with van der Waals surface area (Å²) in [5, 5.41) is 0. The van der Waals surface area contributed by atoms with Gasteiger partial charge in [0.25, 0.3) is 0 Å². The van der Waals surface area contributed by atoms with Crippen molar-refractivity contribution in [1.82, 2.24) is 4.90 Å². The van der Waals surface area contributed by atoms with E-state index in [1.54, 1.807) is 0 Å². The van der Waals surface area contributed by atoms with Crippen molar-refractivity contribution in [2.75, 3.05) is 19.5 Å². The lowest BCUT2D eigenvalue weighted by Crippen LogP contribution is -2.38. The van der Waals surface area contributed by atoms with Crippen LogP contribution < -0.4 is 0 Å². The summed E-state index contributed by atoms with van der Waals surface area (Å²) >= 11 is 0. The summed E-state index contributed by atoms with van der Waals surface area (Å²) in [4.78, 5) is 1.53. The van der Waals surface area contributed by atoms with Crippen molar-refractivity contribution >= 4 is 6.98 Å². The van der Waals surface area contributed by atoms with Gasteiger partial charge in [-0.05, 0) is 32.4 Å². The fourth-order valence-electron chi connectivity index (χ4n) is 1.61. The van der Waals surface area contributed by atoms with E-state index in [4.69, 9.17) is 0 Å². The molecule has 1 aliphatic rings. The third kappa shape index (κ3) is 4.00. The van der Waals surface area contributed by atoms with Gasteiger partial charge in [0.1, 0.15) is 0 Å². The van der Waals surface area contributed by atoms with Gasteiger partial charge in [0.2, 0.25) is 0 Å². The highest BCUT2D eigenvalue weighted by Crippen LogP contribution is 2.15. The van der Waals surface area contributed by atoms with Crippen LogP contribution >= 0.6 is 0 Å². The number of nitrogens with zero attached hydrogens (tertiary/aromatic N) is 1. The van der Waals surface area contributed by atoms with Crippen molar-refractivity contribution < 1.29 is 12.9 Å². The second-order valence-electron chi connectivity index (χ2n) is 3.43. The predicted octanol–water partition coefficient (Wildman–Crippen LogP) is 2.25. The number of rotatable bonds is 2. The SMILES string of the molecule is F[B-](F)(F)CN1CCCCCC1. The van der Waals surface area contributed by atoms with E-state index in [-0.39, 0.29) is 0 Å². The Hall–Kier alpha value is -0.185. The van der Waals surface area contributed by atoms with Gasteiger partial charge in [0, 0.05) is 0 Å². The smallest absolute Gasteiger partial charge is 0.448 e. The zero-order valence-corrected chi connectivity index (χ0v) is 7.11. The first-order valence-corrected chi connectivity index (χ1v) is 4.51. The number of hydrogen-bond acceptors (Lipinski definition) is 1. The Morgan fingerprint density at radius 2 is 1.42 bits per heavy atom. The fourth-order valence-corrected chi connectivity index (χ4v) is 1.61. The van der Waals surface area contributed by atoms with E-state index in [9.17, 15) is 12.9 Å². The van der Waals surface area contributed by atoms with E-state index in [0.717, 1.165) is 25.7 Å². The molecule has 1 aliphatic heterocycles. The minimum absolute atomic E-state index is 0.626. The maximum absolute atomic E-state index is 12.0. The van der Waals surface area contributed by atoms with Gasteiger partial charge in [-0.15, -0.1) is 0 Å². The minimum Gasteiger partial charge on any atom is -0.448 e. The third-order valence-electron chi connectivity index (χ3n) is 2.16. The van der Waals surface area contributed by atoms with Gasteiger partial charge in [0.15, 0.2) is 0 Å². The summed E-state index contributed by atoms with van der Waals surface area (Å²) in [5.74, 6) is 0. The molecule has 0 aliphatic carbocycles. The van der Waals surface area contributed by atoms with Crippen molar-refractivity contribution in [3.05, 3.63) is 0 Å². The van der Waals surface area contributed by atoms with Gasteiger partial charge in [-0.25, -0.2) is 0 Å². The monoisotopic (exact) mass is 180 g/mol. The van der Waals surface area contributed by atoms with E-state index in [1.165, 1.54) is 4.90 Å². The fraction of sp³-hybridized carbons (Fsp3) is 1.00. The molecule has 1 nitrogen and oxygen atoms in total. The highest BCUT2D eigenvalue weighted by atomic mass is 19.4. The summed E-state index contributed by atoms with van der Waals surface area (Å²) in [6.45, 7) is -3.36. The summed E-state index contributed by atoms with van der Waals surface area (Å²) in [7, 11) is 0. The molecule has 1 rings (SSSR count). The van der Waals surface area contributed by atoms with E-state index in [0.29, 0.717) is 13.1 Å². The molecule has 0 aromatic heterocycles. The van der Waals surface area contributed by atoms with Gasteiger partial charge in [0.05, 0.1) is 0 Å². The van der Waals surface area contributed by atoms with Crippen LogP contribution in [0.2, 0.25) is 0 Å². The van der Waals surface area contributed by atoms with Crippen molar-refractivity contribution in [3.63, 3.8) is 0 Å². The summed E-state index contributed by atoms with van der Waals surface area (Å²) < 4.78 is 36.0. The van der Waals surface area contributed by atoms with Crippen LogP contribution in [0.25, 0.3) is 0 Å². The molecule has 0 unspecified atom stereocenters. The first-order chi connectivity index (χ1) is 5.58. The second-order valence-corrected chi connectivity index (χ2v) is 3.43. The topological polar surface area (TPSA) is 3.24 Å². The zero-order valence-electron chi connectivity index (χ0n) is 7.11. The Labute approximate surface area is 71.0 Å². The van der Waals surface area contributed by atoms with Crippen molar-refractivity contribution in [3.8, 4) is 0 Å². The minimum atomic E-state index is -4.62. The van der Waals surface area contributed by atoms with Gasteiger partial charge >= 0.3 is 6.98 Å². The lowest BCUT2D eigenvalue weighted by Gasteiger charge is -2.25. The molecule has 0 amide bonds. The number of hydrogen-bond donors (Lipinski definition) is 0. The molecule has 0 atom stereocenters. The molecular formula is C7H14BF3N-. The molecule has 5 heteroatoms. The Morgan fingerprint density at radius 3 is 1.83 bits per heavy atom. The number of halogens is 3. The predicted molar refractivity (Wildman–Crippen MR) is 44.0 cm³/mol. The molecule has 72 valence electrons. The zero-order chi connectivity index (χ0) is 9.03. The summed E-state index contributed by atoms with van der Waals surface area (Å²) in [5.41, 5.74) is 0. The van der Waals surface area contributed by atoms with Gasteiger partial charge in [-0.1, -0.05) is 12.8 Å². The van der Waals surface area contributed by atoms with E-state index >= 15 is 0 Å². The Bertz CT molecular complexity index is 129. The average Bonchev–Trinajstić information content (AvgIpc) is 2.12. The van der Waals surface area contributed by atoms with Gasteiger partial charge < -0.3 is 17.8 Å². The average molecular weight is 180 g/mol. The molecule has 1 heterocycles. The normalized spacial score (nSPS) is 22.2. The van der Waals surface area contributed by atoms with E-state index in [1.807, 2.05) is 0 Å². The highest BCUT2D eigenvalue weighted by molar-refractivity contribution is 6.58. The second kappa shape index (κ2) is 4.17. The first-order valence-electron chi connectivity index (χ1n) is 4.51. The molecule has 0 N–H and O–H groups in total. The Morgan fingerprint density at radius 1 is 0.917 bits per heavy atom. The molecule has 0 aromatic carbocycles. The standard InChI is InChI=1S/C7H14BF3N/c9-8(10,11)7-12-5-3-1-2-4-6-12/h1-7H2/q-1. The van der Waals surface area contributed by atoms with Crippen molar-refractivity contribution in [2.45, 2.75) is 25.7 Å². The van der Waals surface area contributed by atoms with Gasteiger partial charge in [-0.3, -0.25) is 0 Å². The van der Waals surface area contributed by atoms with Crippen LogP contribution in [0.15, 0.2) is 0 Å². The van der Waals surface area contributed by atoms with Crippen LogP contribution in [0.4, 0.5) is 12.9 Å². The quantitative estimate of drug-likeness (QED) is 0.589. The highest BCUT2D eigenvalue weighted by Gasteiger charge is 2.26. The van der Waals surface area contributed by atoms with Crippen LogP contribution in [-0.4, -0.2) is 31.4 Å². The van der Waals surface area contributed by atoms with Crippen molar-refractivity contribution in [1.29, 1.82) is 0 Å². The molecular weight excluding hydrogens is 166 g/mol. The van der Waals surface area contributed by atoms with Gasteiger partial charge in [-0.2, -0.15) is 0 Å². The third-order valence-corrected chi connectivity index (χ3v) is 2.16. The largest absolute Gasteiger partial charge is 0.492 e. The van der Waals surface area contributed by atoms with Crippen LogP contribution in [0.1, 0.15) is 25.7 Å². The summed E-state index contributed by atoms with van der Waals surface area (Å²) in [6, 6.07) is 0. The van der Waals surface area contributed by atoms with Crippen LogP contribution in [-0.2, 0) is 0 Å². The molecule has 0 spiro atoms. The van der Waals surface area contributed by atoms with E-state index < -0.39 is 13.4 Å². The lowest BCUT2D eigenvalue weighted by molar-refractivity contribution is 0.288. The first kappa shape index (κ1) is 9.90. The number of likely N-dealkylation sites (tertiary alicyclic amines) is 1. The summed E-state index contributed by atoms with van der Waals surface area (Å²) in [6.07, 6.45) is 3.35. The Kier molecular flexibility index (Phi) is 3.44. The van der Waals surface area contributed by atoms with E-state index in [2.05, 4.69) is 0 Å². The van der Waals surface area contributed by atoms with Crippen LogP contribution in [0.5, 0.6) is 0 Å². The molecule has 12 heavy (non-hydrogen) atoms. The maximum Gasteiger partial charge on any atom is 0.492 e. The maximum atomic E-state index is 12.0. The van der Waals surface area contributed by atoms with Crippen molar-refractivity contribution in [2.24, 2.45) is 0 Å². The molecule has 0 aromatic rings. The molecule has 0 bridgehead atoms. The van der Waals surface area contributed by atoms with Crippen LogP contribution in [0.3, 0.4) is 0 Å². The van der Waals surface area contributed by atoms with Crippen LogP contribution in [0, 0.1) is 0 Å². The molecule has 1 fully saturated rings. The lowest BCUT2D eigenvalue weighted by atomic mass is 9.91. The molecule has 1 saturated heterocycles. The molecule has 0 radical (unpaired) electrons. The Balaban J connectivity index is 2.30. The molecule has 0 saturated carbocycles.